The number of carbonyl (C=O) groups excluding carboxylic acids is 2. The second-order valence-corrected chi connectivity index (χ2v) is 9.17. The van der Waals surface area contributed by atoms with E-state index in [1.165, 1.54) is 4.90 Å². The van der Waals surface area contributed by atoms with Gasteiger partial charge in [0.2, 0.25) is 5.91 Å². The van der Waals surface area contributed by atoms with E-state index in [4.69, 9.17) is 0 Å². The summed E-state index contributed by atoms with van der Waals surface area (Å²) in [7, 11) is 0. The van der Waals surface area contributed by atoms with Gasteiger partial charge in [0.25, 0.3) is 5.91 Å². The highest BCUT2D eigenvalue weighted by molar-refractivity contribution is 9.10. The summed E-state index contributed by atoms with van der Waals surface area (Å²) in [6.45, 7) is 1.15. The van der Waals surface area contributed by atoms with E-state index < -0.39 is 11.6 Å². The van der Waals surface area contributed by atoms with Crippen LogP contribution in [0.5, 0.6) is 0 Å². The number of halogens is 2. The average molecular weight is 508 g/mol. The molecular weight excluding hydrogens is 488 g/mol. The van der Waals surface area contributed by atoms with Crippen LogP contribution in [0.3, 0.4) is 0 Å². The molecule has 28 heavy (non-hydrogen) atoms. The summed E-state index contributed by atoms with van der Waals surface area (Å²) in [5.41, 5.74) is 0.596. The van der Waals surface area contributed by atoms with Crippen molar-refractivity contribution in [2.45, 2.75) is 30.9 Å². The third kappa shape index (κ3) is 3.68. The topological polar surface area (TPSA) is 60.9 Å². The molecule has 4 rings (SSSR count). The normalized spacial score (nSPS) is 22.7. The SMILES string of the molecule is O=C1C[C@@H](N2CCC(O)(c3ccc(Br)cc3)CC2)C(=O)N1c1ccc(Br)cc1. The van der Waals surface area contributed by atoms with Crippen LogP contribution in [0.2, 0.25) is 0 Å². The number of hydrogen-bond acceptors (Lipinski definition) is 4. The molecular formula is C21H20Br2N2O3. The molecule has 2 aromatic rings. The summed E-state index contributed by atoms with van der Waals surface area (Å²) in [4.78, 5) is 28.8. The minimum Gasteiger partial charge on any atom is -0.385 e. The molecule has 2 aromatic carbocycles. The Morgan fingerprint density at radius 3 is 2.00 bits per heavy atom. The molecule has 0 unspecified atom stereocenters. The molecule has 5 nitrogen and oxygen atoms in total. The van der Waals surface area contributed by atoms with E-state index in [1.54, 1.807) is 12.1 Å². The molecule has 0 saturated carbocycles. The Morgan fingerprint density at radius 2 is 1.43 bits per heavy atom. The lowest BCUT2D eigenvalue weighted by molar-refractivity contribution is -0.124. The monoisotopic (exact) mass is 506 g/mol. The standard InChI is InChI=1S/C21H20Br2N2O3/c22-15-3-1-14(2-4-15)21(28)9-11-24(12-10-21)18-13-19(26)25(20(18)27)17-7-5-16(23)6-8-17/h1-8,18,28H,9-13H2/t18-/m1/s1. The van der Waals surface area contributed by atoms with E-state index >= 15 is 0 Å². The number of piperidine rings is 1. The fourth-order valence-corrected chi connectivity index (χ4v) is 4.55. The minimum atomic E-state index is -0.895. The van der Waals surface area contributed by atoms with Gasteiger partial charge in [-0.05, 0) is 54.8 Å². The quantitative estimate of drug-likeness (QED) is 0.641. The molecule has 2 fully saturated rings. The molecule has 2 saturated heterocycles. The Bertz CT molecular complexity index is 891. The van der Waals surface area contributed by atoms with Crippen molar-refractivity contribution in [3.05, 3.63) is 63.0 Å². The number of carbonyl (C=O) groups is 2. The minimum absolute atomic E-state index is 0.175. The van der Waals surface area contributed by atoms with Crippen LogP contribution in [0.1, 0.15) is 24.8 Å². The number of benzene rings is 2. The van der Waals surface area contributed by atoms with E-state index in [0.717, 1.165) is 14.5 Å². The van der Waals surface area contributed by atoms with Crippen molar-refractivity contribution in [1.82, 2.24) is 4.90 Å². The highest BCUT2D eigenvalue weighted by atomic mass is 79.9. The van der Waals surface area contributed by atoms with Gasteiger partial charge >= 0.3 is 0 Å². The van der Waals surface area contributed by atoms with E-state index in [2.05, 4.69) is 31.9 Å². The molecule has 2 aliphatic rings. The van der Waals surface area contributed by atoms with Crippen LogP contribution in [0.15, 0.2) is 57.5 Å². The van der Waals surface area contributed by atoms with Crippen LogP contribution in [0, 0.1) is 0 Å². The number of nitrogens with zero attached hydrogens (tertiary/aromatic N) is 2. The fourth-order valence-electron chi connectivity index (χ4n) is 4.02. The third-order valence-corrected chi connectivity index (χ3v) is 6.71. The first-order valence-electron chi connectivity index (χ1n) is 9.22. The number of imide groups is 1. The molecule has 0 aromatic heterocycles. The average Bonchev–Trinajstić information content (AvgIpc) is 2.98. The third-order valence-electron chi connectivity index (χ3n) is 5.66. The van der Waals surface area contributed by atoms with Crippen molar-refractivity contribution in [2.24, 2.45) is 0 Å². The first kappa shape index (κ1) is 19.8. The van der Waals surface area contributed by atoms with Gasteiger partial charge in [0.1, 0.15) is 0 Å². The summed E-state index contributed by atoms with van der Waals surface area (Å²) in [6, 6.07) is 14.4. The molecule has 2 amide bonds. The predicted molar refractivity (Wildman–Crippen MR) is 114 cm³/mol. The van der Waals surface area contributed by atoms with Gasteiger partial charge in [-0.1, -0.05) is 44.0 Å². The smallest absolute Gasteiger partial charge is 0.251 e. The molecule has 0 bridgehead atoms. The maximum atomic E-state index is 13.0. The molecule has 2 aliphatic heterocycles. The van der Waals surface area contributed by atoms with Gasteiger partial charge < -0.3 is 5.11 Å². The number of amides is 2. The molecule has 1 atom stereocenters. The molecule has 0 radical (unpaired) electrons. The van der Waals surface area contributed by atoms with Gasteiger partial charge in [0, 0.05) is 22.0 Å². The molecule has 7 heteroatoms. The molecule has 2 heterocycles. The van der Waals surface area contributed by atoms with Crippen molar-refractivity contribution in [3.8, 4) is 0 Å². The summed E-state index contributed by atoms with van der Waals surface area (Å²) < 4.78 is 1.87. The van der Waals surface area contributed by atoms with Gasteiger partial charge in [-0.2, -0.15) is 0 Å². The second kappa shape index (κ2) is 7.71. The van der Waals surface area contributed by atoms with Gasteiger partial charge in [-0.15, -0.1) is 0 Å². The van der Waals surface area contributed by atoms with Crippen LogP contribution in [0.25, 0.3) is 0 Å². The zero-order valence-corrected chi connectivity index (χ0v) is 18.3. The lowest BCUT2D eigenvalue weighted by Crippen LogP contribution is -2.49. The highest BCUT2D eigenvalue weighted by Gasteiger charge is 2.45. The Labute approximate surface area is 180 Å². The van der Waals surface area contributed by atoms with E-state index in [9.17, 15) is 14.7 Å². The van der Waals surface area contributed by atoms with Crippen molar-refractivity contribution in [2.75, 3.05) is 18.0 Å². The van der Waals surface area contributed by atoms with E-state index in [-0.39, 0.29) is 18.2 Å². The number of likely N-dealkylation sites (tertiary alicyclic amines) is 1. The Hall–Kier alpha value is -1.54. The molecule has 1 N–H and O–H groups in total. The van der Waals surface area contributed by atoms with Crippen LogP contribution in [-0.4, -0.2) is 41.0 Å². The molecule has 0 spiro atoms. The molecule has 146 valence electrons. The van der Waals surface area contributed by atoms with Crippen LogP contribution in [0.4, 0.5) is 5.69 Å². The Morgan fingerprint density at radius 1 is 0.893 bits per heavy atom. The molecule has 0 aliphatic carbocycles. The van der Waals surface area contributed by atoms with Crippen molar-refractivity contribution < 1.29 is 14.7 Å². The van der Waals surface area contributed by atoms with Crippen LogP contribution >= 0.6 is 31.9 Å². The van der Waals surface area contributed by atoms with Crippen molar-refractivity contribution >= 4 is 49.4 Å². The highest BCUT2D eigenvalue weighted by Crippen LogP contribution is 2.36. The summed E-state index contributed by atoms with van der Waals surface area (Å²) in [6.07, 6.45) is 1.25. The van der Waals surface area contributed by atoms with Crippen LogP contribution < -0.4 is 4.90 Å². The van der Waals surface area contributed by atoms with E-state index in [0.29, 0.717) is 31.6 Å². The summed E-state index contributed by atoms with van der Waals surface area (Å²) in [5, 5.41) is 11.1. The number of aliphatic hydroxyl groups is 1. The zero-order chi connectivity index (χ0) is 19.9. The van der Waals surface area contributed by atoms with Crippen molar-refractivity contribution in [1.29, 1.82) is 0 Å². The maximum absolute atomic E-state index is 13.0. The number of hydrogen-bond donors (Lipinski definition) is 1. The first-order valence-corrected chi connectivity index (χ1v) is 10.8. The number of rotatable bonds is 3. The van der Waals surface area contributed by atoms with E-state index in [1.807, 2.05) is 41.3 Å². The van der Waals surface area contributed by atoms with Crippen LogP contribution in [-0.2, 0) is 15.2 Å². The number of anilines is 1. The Kier molecular flexibility index (Phi) is 5.44. The Balaban J connectivity index is 1.46. The van der Waals surface area contributed by atoms with Gasteiger partial charge in [-0.3, -0.25) is 14.5 Å². The zero-order valence-electron chi connectivity index (χ0n) is 15.1. The maximum Gasteiger partial charge on any atom is 0.251 e. The van der Waals surface area contributed by atoms with Gasteiger partial charge in [-0.25, -0.2) is 4.90 Å². The van der Waals surface area contributed by atoms with Gasteiger partial charge in [0.05, 0.1) is 23.8 Å². The van der Waals surface area contributed by atoms with Gasteiger partial charge in [0.15, 0.2) is 0 Å². The predicted octanol–water partition coefficient (Wildman–Crippen LogP) is 3.83. The largest absolute Gasteiger partial charge is 0.385 e. The summed E-state index contributed by atoms with van der Waals surface area (Å²) in [5.74, 6) is -0.354. The lowest BCUT2D eigenvalue weighted by atomic mass is 9.84. The lowest BCUT2D eigenvalue weighted by Gasteiger charge is -2.40. The fraction of sp³-hybridized carbons (Fsp3) is 0.333. The first-order chi connectivity index (χ1) is 13.4. The second-order valence-electron chi connectivity index (χ2n) is 7.34. The summed E-state index contributed by atoms with van der Waals surface area (Å²) >= 11 is 6.79. The van der Waals surface area contributed by atoms with Crippen molar-refractivity contribution in [3.63, 3.8) is 0 Å².